The zero-order valence-corrected chi connectivity index (χ0v) is 15.4. The van der Waals surface area contributed by atoms with E-state index in [1.165, 1.54) is 20.0 Å². The van der Waals surface area contributed by atoms with Gasteiger partial charge in [-0.1, -0.05) is 0 Å². The van der Waals surface area contributed by atoms with Gasteiger partial charge in [0.1, 0.15) is 6.61 Å². The monoisotopic (exact) mass is 359 g/mol. The smallest absolute Gasteiger partial charge is 0.248 e. The summed E-state index contributed by atoms with van der Waals surface area (Å²) in [7, 11) is 1.54. The summed E-state index contributed by atoms with van der Waals surface area (Å²) in [5, 5.41) is 3.49. The molecule has 6 nitrogen and oxygen atoms in total. The fourth-order valence-corrected chi connectivity index (χ4v) is 4.35. The van der Waals surface area contributed by atoms with Gasteiger partial charge in [-0.2, -0.15) is 0 Å². The Morgan fingerprint density at radius 2 is 1.92 bits per heavy atom. The summed E-state index contributed by atoms with van der Waals surface area (Å²) < 4.78 is 4.90. The van der Waals surface area contributed by atoms with E-state index in [-0.39, 0.29) is 30.8 Å². The van der Waals surface area contributed by atoms with Crippen molar-refractivity contribution in [3.63, 3.8) is 0 Å². The molecule has 0 bridgehead atoms. The normalized spacial score (nSPS) is 28.0. The predicted octanol–water partition coefficient (Wildman–Crippen LogP) is 0.895. The number of nitrogens with one attached hydrogen (secondary N) is 1. The molecule has 0 radical (unpaired) electrons. The number of likely N-dealkylation sites (tertiary alicyclic amines) is 2. The number of rotatable bonds is 3. The molecule has 3 fully saturated rings. The highest BCUT2D eigenvalue weighted by atomic mass is 35.5. The van der Waals surface area contributed by atoms with E-state index in [9.17, 15) is 9.59 Å². The Morgan fingerprint density at radius 3 is 2.54 bits per heavy atom. The number of hydrogen-bond donors (Lipinski definition) is 1. The molecule has 0 aromatic heterocycles. The number of carbonyl (C=O) groups excluding carboxylic acids is 2. The molecule has 2 amide bonds. The lowest BCUT2D eigenvalue weighted by Crippen LogP contribution is -2.46. The summed E-state index contributed by atoms with van der Waals surface area (Å²) in [6, 6.07) is 0. The van der Waals surface area contributed by atoms with Crippen LogP contribution in [0.5, 0.6) is 0 Å². The van der Waals surface area contributed by atoms with Crippen molar-refractivity contribution >= 4 is 24.2 Å². The molecule has 1 spiro atoms. The van der Waals surface area contributed by atoms with Crippen molar-refractivity contribution < 1.29 is 14.3 Å². The summed E-state index contributed by atoms with van der Waals surface area (Å²) in [6.07, 6.45) is 5.18. The third-order valence-corrected chi connectivity index (χ3v) is 5.78. The van der Waals surface area contributed by atoms with Crippen LogP contribution in [0.2, 0.25) is 0 Å². The lowest BCUT2D eigenvalue weighted by Gasteiger charge is -2.35. The molecule has 138 valence electrons. The maximum atomic E-state index is 12.8. The van der Waals surface area contributed by atoms with Gasteiger partial charge in [0.25, 0.3) is 0 Å². The van der Waals surface area contributed by atoms with Crippen molar-refractivity contribution in [2.24, 2.45) is 11.3 Å². The summed E-state index contributed by atoms with van der Waals surface area (Å²) in [5.41, 5.74) is 0.322. The second-order valence-corrected chi connectivity index (χ2v) is 7.38. The molecule has 7 heteroatoms. The maximum absolute atomic E-state index is 12.8. The maximum Gasteiger partial charge on any atom is 0.248 e. The molecule has 1 N–H and O–H groups in total. The van der Waals surface area contributed by atoms with E-state index in [2.05, 4.69) is 10.2 Å². The van der Waals surface area contributed by atoms with E-state index < -0.39 is 0 Å². The number of carbonyl (C=O) groups is 2. The van der Waals surface area contributed by atoms with Crippen LogP contribution in [0.4, 0.5) is 0 Å². The summed E-state index contributed by atoms with van der Waals surface area (Å²) in [5.74, 6) is 0.436. The first-order valence-corrected chi connectivity index (χ1v) is 8.90. The summed E-state index contributed by atoms with van der Waals surface area (Å²) in [6.45, 7) is 5.49. The first-order valence-electron chi connectivity index (χ1n) is 8.90. The van der Waals surface area contributed by atoms with Crippen LogP contribution in [0.25, 0.3) is 0 Å². The summed E-state index contributed by atoms with van der Waals surface area (Å²) in [4.78, 5) is 28.5. The minimum Gasteiger partial charge on any atom is -0.375 e. The average Bonchev–Trinajstić information content (AvgIpc) is 2.98. The van der Waals surface area contributed by atoms with Crippen molar-refractivity contribution in [3.8, 4) is 0 Å². The van der Waals surface area contributed by atoms with Crippen LogP contribution < -0.4 is 5.32 Å². The van der Waals surface area contributed by atoms with E-state index in [0.717, 1.165) is 45.4 Å². The number of halogens is 1. The van der Waals surface area contributed by atoms with Crippen LogP contribution in [0.1, 0.15) is 32.1 Å². The highest BCUT2D eigenvalue weighted by Gasteiger charge is 2.42. The Morgan fingerprint density at radius 1 is 1.17 bits per heavy atom. The second kappa shape index (κ2) is 8.50. The third kappa shape index (κ3) is 4.21. The van der Waals surface area contributed by atoms with Crippen LogP contribution in [0, 0.1) is 11.3 Å². The number of hydrogen-bond acceptors (Lipinski definition) is 4. The van der Waals surface area contributed by atoms with Gasteiger partial charge in [-0.05, 0) is 38.6 Å². The number of methoxy groups -OCH3 is 1. The fraction of sp³-hybridized carbons (Fsp3) is 0.882. The van der Waals surface area contributed by atoms with E-state index >= 15 is 0 Å². The molecule has 3 heterocycles. The number of ether oxygens (including phenoxy) is 1. The standard InChI is InChI=1S/C17H29N3O3.ClH/c1-23-11-15(21)19-8-3-14(4-9-19)16(22)20-10-6-17(13-20)5-2-7-18-12-17;/h14,18H,2-13H2,1H3;1H. The molecule has 3 saturated heterocycles. The van der Waals surface area contributed by atoms with E-state index in [1.54, 1.807) is 0 Å². The Balaban J connectivity index is 0.00000208. The van der Waals surface area contributed by atoms with Crippen molar-refractivity contribution in [1.82, 2.24) is 15.1 Å². The van der Waals surface area contributed by atoms with Gasteiger partial charge in [-0.15, -0.1) is 12.4 Å². The van der Waals surface area contributed by atoms with Gasteiger partial charge in [0.15, 0.2) is 0 Å². The van der Waals surface area contributed by atoms with Crippen LogP contribution in [0.3, 0.4) is 0 Å². The molecular weight excluding hydrogens is 330 g/mol. The van der Waals surface area contributed by atoms with Crippen LogP contribution in [-0.4, -0.2) is 74.6 Å². The van der Waals surface area contributed by atoms with Gasteiger partial charge in [0.2, 0.25) is 11.8 Å². The van der Waals surface area contributed by atoms with E-state index in [0.29, 0.717) is 24.4 Å². The molecule has 1 unspecified atom stereocenters. The lowest BCUT2D eigenvalue weighted by atomic mass is 9.80. The van der Waals surface area contributed by atoms with Gasteiger partial charge < -0.3 is 19.9 Å². The average molecular weight is 360 g/mol. The van der Waals surface area contributed by atoms with Crippen molar-refractivity contribution in [3.05, 3.63) is 0 Å². The molecular formula is C17H30ClN3O3. The number of nitrogens with zero attached hydrogens (tertiary/aromatic N) is 2. The molecule has 3 aliphatic heterocycles. The van der Waals surface area contributed by atoms with Gasteiger partial charge in [0.05, 0.1) is 0 Å². The molecule has 0 aromatic rings. The van der Waals surface area contributed by atoms with Crippen molar-refractivity contribution in [2.45, 2.75) is 32.1 Å². The quantitative estimate of drug-likeness (QED) is 0.813. The van der Waals surface area contributed by atoms with Crippen LogP contribution in [0.15, 0.2) is 0 Å². The van der Waals surface area contributed by atoms with Gasteiger partial charge >= 0.3 is 0 Å². The SMILES string of the molecule is COCC(=O)N1CCC(C(=O)N2CCC3(CCCNC3)C2)CC1.Cl. The molecule has 24 heavy (non-hydrogen) atoms. The van der Waals surface area contributed by atoms with Crippen LogP contribution in [-0.2, 0) is 14.3 Å². The Labute approximate surface area is 150 Å². The Bertz CT molecular complexity index is 446. The number of amides is 2. The zero-order valence-electron chi connectivity index (χ0n) is 14.6. The van der Waals surface area contributed by atoms with Crippen LogP contribution >= 0.6 is 12.4 Å². The van der Waals surface area contributed by atoms with Gasteiger partial charge in [-0.25, -0.2) is 0 Å². The highest BCUT2D eigenvalue weighted by molar-refractivity contribution is 5.85. The minimum atomic E-state index is 0. The topological polar surface area (TPSA) is 61.9 Å². The fourth-order valence-electron chi connectivity index (χ4n) is 4.35. The molecule has 3 rings (SSSR count). The van der Waals surface area contributed by atoms with Gasteiger partial charge in [0, 0.05) is 51.2 Å². The third-order valence-electron chi connectivity index (χ3n) is 5.78. The molecule has 0 aliphatic carbocycles. The molecule has 0 aromatic carbocycles. The first kappa shape index (κ1) is 19.5. The highest BCUT2D eigenvalue weighted by Crippen LogP contribution is 2.37. The largest absolute Gasteiger partial charge is 0.375 e. The van der Waals surface area contributed by atoms with E-state index in [1.807, 2.05) is 4.90 Å². The number of piperidine rings is 2. The minimum absolute atomic E-state index is 0. The molecule has 3 aliphatic rings. The molecule has 1 atom stereocenters. The molecule has 0 saturated carbocycles. The second-order valence-electron chi connectivity index (χ2n) is 7.38. The van der Waals surface area contributed by atoms with Crippen molar-refractivity contribution in [1.29, 1.82) is 0 Å². The summed E-state index contributed by atoms with van der Waals surface area (Å²) >= 11 is 0. The van der Waals surface area contributed by atoms with E-state index in [4.69, 9.17) is 4.74 Å². The lowest BCUT2D eigenvalue weighted by molar-refractivity contribution is -0.142. The Kier molecular flexibility index (Phi) is 6.89. The zero-order chi connectivity index (χ0) is 16.3. The first-order chi connectivity index (χ1) is 11.1. The van der Waals surface area contributed by atoms with Crippen molar-refractivity contribution in [2.75, 3.05) is 53.0 Å². The Hall–Kier alpha value is -0.850. The predicted molar refractivity (Wildman–Crippen MR) is 94.2 cm³/mol. The van der Waals surface area contributed by atoms with Gasteiger partial charge in [-0.3, -0.25) is 9.59 Å².